The van der Waals surface area contributed by atoms with E-state index in [4.69, 9.17) is 10.5 Å². The highest BCUT2D eigenvalue weighted by Crippen LogP contribution is 2.26. The quantitative estimate of drug-likeness (QED) is 0.538. The van der Waals surface area contributed by atoms with Crippen molar-refractivity contribution in [1.29, 1.82) is 0 Å². The summed E-state index contributed by atoms with van der Waals surface area (Å²) in [6, 6.07) is 3.95. The molecule has 1 rings (SSSR count). The highest BCUT2D eigenvalue weighted by atomic mass is 16.5. The van der Waals surface area contributed by atoms with Crippen molar-refractivity contribution >= 4 is 5.69 Å². The van der Waals surface area contributed by atoms with Gasteiger partial charge in [0.25, 0.3) is 0 Å². The first kappa shape index (κ1) is 14.9. The molecule has 0 bridgehead atoms. The maximum absolute atomic E-state index is 5.87. The smallest absolute Gasteiger partial charge is 0.125 e. The van der Waals surface area contributed by atoms with Crippen LogP contribution in [-0.4, -0.2) is 6.61 Å². The molecule has 2 nitrogen and oxygen atoms in total. The fraction of sp³-hybridized carbons (Fsp3) is 0.625. The molecule has 1 aromatic carbocycles. The first-order valence-electron chi connectivity index (χ1n) is 7.14. The molecule has 102 valence electrons. The number of ether oxygens (including phenoxy) is 1. The molecule has 0 aliphatic carbocycles. The van der Waals surface area contributed by atoms with Gasteiger partial charge in [-0.15, -0.1) is 0 Å². The predicted octanol–water partition coefficient (Wildman–Crippen LogP) is 4.62. The number of nitrogens with two attached hydrogens (primary N) is 1. The summed E-state index contributed by atoms with van der Waals surface area (Å²) < 4.78 is 5.87. The Bertz CT molecular complexity index is 337. The SMILES string of the molecule is CCCCCCCCOc1c(C)cc(N)cc1C. The van der Waals surface area contributed by atoms with E-state index >= 15 is 0 Å². The Hall–Kier alpha value is -1.18. The van der Waals surface area contributed by atoms with Crippen LogP contribution in [0.25, 0.3) is 0 Å². The van der Waals surface area contributed by atoms with Crippen LogP contribution in [0.2, 0.25) is 0 Å². The van der Waals surface area contributed by atoms with Crippen molar-refractivity contribution in [2.45, 2.75) is 59.3 Å². The number of hydrogen-bond acceptors (Lipinski definition) is 2. The Balaban J connectivity index is 2.27. The molecule has 0 spiro atoms. The second-order valence-electron chi connectivity index (χ2n) is 5.10. The summed E-state index contributed by atoms with van der Waals surface area (Å²) in [6.07, 6.45) is 7.77. The summed E-state index contributed by atoms with van der Waals surface area (Å²) in [5, 5.41) is 0. The Morgan fingerprint density at radius 2 is 1.50 bits per heavy atom. The van der Waals surface area contributed by atoms with E-state index in [1.165, 1.54) is 32.1 Å². The number of rotatable bonds is 8. The molecule has 0 atom stereocenters. The molecule has 0 saturated heterocycles. The molecule has 0 saturated carbocycles. The average molecular weight is 249 g/mol. The lowest BCUT2D eigenvalue weighted by Gasteiger charge is -2.12. The van der Waals surface area contributed by atoms with E-state index in [1.807, 2.05) is 12.1 Å². The van der Waals surface area contributed by atoms with Crippen molar-refractivity contribution in [2.24, 2.45) is 0 Å². The van der Waals surface area contributed by atoms with Gasteiger partial charge in [-0.1, -0.05) is 39.0 Å². The van der Waals surface area contributed by atoms with Crippen LogP contribution in [0, 0.1) is 13.8 Å². The van der Waals surface area contributed by atoms with Crippen LogP contribution in [0.4, 0.5) is 5.69 Å². The summed E-state index contributed by atoms with van der Waals surface area (Å²) >= 11 is 0. The fourth-order valence-corrected chi connectivity index (χ4v) is 2.27. The third-order valence-corrected chi connectivity index (χ3v) is 3.23. The van der Waals surface area contributed by atoms with Gasteiger partial charge in [-0.3, -0.25) is 0 Å². The number of hydrogen-bond donors (Lipinski definition) is 1. The Morgan fingerprint density at radius 1 is 0.944 bits per heavy atom. The van der Waals surface area contributed by atoms with Crippen molar-refractivity contribution in [3.05, 3.63) is 23.3 Å². The van der Waals surface area contributed by atoms with E-state index in [-0.39, 0.29) is 0 Å². The van der Waals surface area contributed by atoms with E-state index < -0.39 is 0 Å². The van der Waals surface area contributed by atoms with Gasteiger partial charge in [-0.25, -0.2) is 0 Å². The predicted molar refractivity (Wildman–Crippen MR) is 79.2 cm³/mol. The molecule has 0 heterocycles. The van der Waals surface area contributed by atoms with Crippen LogP contribution in [0.1, 0.15) is 56.6 Å². The monoisotopic (exact) mass is 249 g/mol. The molecule has 2 heteroatoms. The minimum Gasteiger partial charge on any atom is -0.493 e. The second kappa shape index (κ2) is 8.02. The molecule has 0 radical (unpaired) electrons. The molecule has 18 heavy (non-hydrogen) atoms. The van der Waals surface area contributed by atoms with Crippen LogP contribution >= 0.6 is 0 Å². The van der Waals surface area contributed by atoms with Gasteiger partial charge in [0.05, 0.1) is 6.61 Å². The van der Waals surface area contributed by atoms with Crippen LogP contribution in [0.15, 0.2) is 12.1 Å². The highest BCUT2D eigenvalue weighted by molar-refractivity contribution is 5.52. The Morgan fingerprint density at radius 3 is 2.11 bits per heavy atom. The maximum atomic E-state index is 5.87. The number of aryl methyl sites for hydroxylation is 2. The lowest BCUT2D eigenvalue weighted by molar-refractivity contribution is 0.300. The molecule has 0 fully saturated rings. The van der Waals surface area contributed by atoms with E-state index in [0.717, 1.165) is 35.6 Å². The minimum atomic E-state index is 0.817. The molecular weight excluding hydrogens is 222 g/mol. The lowest BCUT2D eigenvalue weighted by atomic mass is 10.1. The highest BCUT2D eigenvalue weighted by Gasteiger charge is 2.04. The van der Waals surface area contributed by atoms with Crippen molar-refractivity contribution in [3.63, 3.8) is 0 Å². The zero-order valence-electron chi connectivity index (χ0n) is 12.1. The van der Waals surface area contributed by atoms with Crippen LogP contribution in [-0.2, 0) is 0 Å². The molecule has 0 aliphatic rings. The zero-order chi connectivity index (χ0) is 13.4. The van der Waals surface area contributed by atoms with Gasteiger partial charge in [0.2, 0.25) is 0 Å². The van der Waals surface area contributed by atoms with Crippen LogP contribution in [0.3, 0.4) is 0 Å². The van der Waals surface area contributed by atoms with Gasteiger partial charge in [-0.05, 0) is 43.5 Å². The molecule has 1 aromatic rings. The van der Waals surface area contributed by atoms with E-state index in [2.05, 4.69) is 20.8 Å². The van der Waals surface area contributed by atoms with Crippen molar-refractivity contribution < 1.29 is 4.74 Å². The average Bonchev–Trinajstić information content (AvgIpc) is 2.30. The van der Waals surface area contributed by atoms with E-state index in [1.54, 1.807) is 0 Å². The van der Waals surface area contributed by atoms with Gasteiger partial charge in [0.15, 0.2) is 0 Å². The Labute approximate surface area is 112 Å². The van der Waals surface area contributed by atoms with Gasteiger partial charge in [-0.2, -0.15) is 0 Å². The van der Waals surface area contributed by atoms with Crippen molar-refractivity contribution in [1.82, 2.24) is 0 Å². The molecule has 0 aromatic heterocycles. The summed E-state index contributed by atoms with van der Waals surface area (Å²) in [4.78, 5) is 0. The van der Waals surface area contributed by atoms with Crippen molar-refractivity contribution in [3.8, 4) is 5.75 Å². The number of anilines is 1. The zero-order valence-corrected chi connectivity index (χ0v) is 12.1. The maximum Gasteiger partial charge on any atom is 0.125 e. The summed E-state index contributed by atoms with van der Waals surface area (Å²) in [5.41, 5.74) is 8.89. The Kier molecular flexibility index (Phi) is 6.63. The normalized spacial score (nSPS) is 10.6. The molecular formula is C16H27NO. The van der Waals surface area contributed by atoms with Crippen LogP contribution in [0.5, 0.6) is 5.75 Å². The number of nitrogen functional groups attached to an aromatic ring is 1. The number of unbranched alkanes of at least 4 members (excludes halogenated alkanes) is 5. The van der Waals surface area contributed by atoms with Gasteiger partial charge in [0, 0.05) is 5.69 Å². The fourth-order valence-electron chi connectivity index (χ4n) is 2.27. The van der Waals surface area contributed by atoms with Gasteiger partial charge >= 0.3 is 0 Å². The minimum absolute atomic E-state index is 0.817. The second-order valence-corrected chi connectivity index (χ2v) is 5.10. The topological polar surface area (TPSA) is 35.2 Å². The molecule has 2 N–H and O–H groups in total. The summed E-state index contributed by atoms with van der Waals surface area (Å²) in [7, 11) is 0. The number of benzene rings is 1. The largest absolute Gasteiger partial charge is 0.493 e. The molecule has 0 unspecified atom stereocenters. The third kappa shape index (κ3) is 4.99. The standard InChI is InChI=1S/C16H27NO/c1-4-5-6-7-8-9-10-18-16-13(2)11-15(17)12-14(16)3/h11-12H,4-10,17H2,1-3H3. The first-order chi connectivity index (χ1) is 8.65. The van der Waals surface area contributed by atoms with Gasteiger partial charge < -0.3 is 10.5 Å². The van der Waals surface area contributed by atoms with E-state index in [0.29, 0.717) is 0 Å². The van der Waals surface area contributed by atoms with E-state index in [9.17, 15) is 0 Å². The molecule has 0 aliphatic heterocycles. The lowest BCUT2D eigenvalue weighted by Crippen LogP contribution is -2.01. The summed E-state index contributed by atoms with van der Waals surface area (Å²) in [5.74, 6) is 1.01. The first-order valence-corrected chi connectivity index (χ1v) is 7.14. The third-order valence-electron chi connectivity index (χ3n) is 3.23. The molecule has 0 amide bonds. The van der Waals surface area contributed by atoms with Crippen molar-refractivity contribution in [2.75, 3.05) is 12.3 Å². The van der Waals surface area contributed by atoms with Gasteiger partial charge in [0.1, 0.15) is 5.75 Å². The summed E-state index contributed by atoms with van der Waals surface area (Å²) in [6.45, 7) is 7.17. The van der Waals surface area contributed by atoms with Crippen LogP contribution < -0.4 is 10.5 Å².